The van der Waals surface area contributed by atoms with Gasteiger partial charge in [-0.05, 0) is 30.3 Å². The smallest absolute Gasteiger partial charge is 0.257 e. The topological polar surface area (TPSA) is 89.6 Å². The minimum Gasteiger partial charge on any atom is -0.471 e. The minimum absolute atomic E-state index is 0.0678. The highest BCUT2D eigenvalue weighted by Crippen LogP contribution is 2.25. The van der Waals surface area contributed by atoms with Crippen LogP contribution in [-0.2, 0) is 9.53 Å². The predicted octanol–water partition coefficient (Wildman–Crippen LogP) is 3.11. The lowest BCUT2D eigenvalue weighted by Gasteiger charge is -2.12. The number of carbonyl (C=O) groups excluding carboxylic acids is 2. The van der Waals surface area contributed by atoms with E-state index < -0.39 is 0 Å². The second-order valence-corrected chi connectivity index (χ2v) is 6.23. The number of hydrogen-bond donors (Lipinski definition) is 2. The SMILES string of the molecule is CC(=O)Nc1ccc(NC(=O)c2cnc(OC3CCOC3)c(Cl)c2)cc1. The van der Waals surface area contributed by atoms with E-state index in [-0.39, 0.29) is 22.9 Å². The van der Waals surface area contributed by atoms with Crippen LogP contribution in [0.3, 0.4) is 0 Å². The maximum atomic E-state index is 12.3. The maximum absolute atomic E-state index is 12.3. The van der Waals surface area contributed by atoms with Crippen LogP contribution in [0.15, 0.2) is 36.5 Å². The quantitative estimate of drug-likeness (QED) is 0.838. The Kier molecular flexibility index (Phi) is 5.70. The molecule has 1 aromatic carbocycles. The number of nitrogens with zero attached hydrogens (tertiary/aromatic N) is 1. The van der Waals surface area contributed by atoms with Gasteiger partial charge in [0.2, 0.25) is 11.8 Å². The number of benzene rings is 1. The van der Waals surface area contributed by atoms with E-state index in [1.54, 1.807) is 24.3 Å². The number of rotatable bonds is 5. The Balaban J connectivity index is 1.63. The molecule has 136 valence electrons. The lowest BCUT2D eigenvalue weighted by atomic mass is 10.2. The fourth-order valence-corrected chi connectivity index (χ4v) is 2.65. The first-order valence-corrected chi connectivity index (χ1v) is 8.48. The summed E-state index contributed by atoms with van der Waals surface area (Å²) in [6.45, 7) is 2.60. The number of pyridine rings is 1. The number of amides is 2. The van der Waals surface area contributed by atoms with Gasteiger partial charge in [-0.15, -0.1) is 0 Å². The van der Waals surface area contributed by atoms with E-state index in [1.807, 2.05) is 0 Å². The van der Waals surface area contributed by atoms with Crippen LogP contribution >= 0.6 is 11.6 Å². The highest BCUT2D eigenvalue weighted by Gasteiger charge is 2.20. The van der Waals surface area contributed by atoms with Gasteiger partial charge in [-0.2, -0.15) is 0 Å². The molecule has 2 N–H and O–H groups in total. The Bertz CT molecular complexity index is 805. The van der Waals surface area contributed by atoms with Crippen LogP contribution in [-0.4, -0.2) is 36.1 Å². The fraction of sp³-hybridized carbons (Fsp3) is 0.278. The molecule has 1 aromatic heterocycles. The third-order valence-corrected chi connectivity index (χ3v) is 3.97. The van der Waals surface area contributed by atoms with Gasteiger partial charge < -0.3 is 20.1 Å². The van der Waals surface area contributed by atoms with Crippen LogP contribution in [0.2, 0.25) is 5.02 Å². The van der Waals surface area contributed by atoms with Crippen LogP contribution in [0, 0.1) is 0 Å². The van der Waals surface area contributed by atoms with Crippen molar-refractivity contribution >= 4 is 34.8 Å². The monoisotopic (exact) mass is 375 g/mol. The molecule has 26 heavy (non-hydrogen) atoms. The second kappa shape index (κ2) is 8.16. The summed E-state index contributed by atoms with van der Waals surface area (Å²) in [5.74, 6) is -0.213. The molecule has 1 atom stereocenters. The molecule has 1 fully saturated rings. The molecule has 1 unspecified atom stereocenters. The van der Waals surface area contributed by atoms with Gasteiger partial charge in [-0.1, -0.05) is 11.6 Å². The molecular formula is C18H18ClN3O4. The van der Waals surface area contributed by atoms with E-state index >= 15 is 0 Å². The van der Waals surface area contributed by atoms with Gasteiger partial charge in [-0.3, -0.25) is 9.59 Å². The molecule has 2 heterocycles. The van der Waals surface area contributed by atoms with E-state index in [2.05, 4.69) is 15.6 Å². The summed E-state index contributed by atoms with van der Waals surface area (Å²) in [7, 11) is 0. The van der Waals surface area contributed by atoms with Gasteiger partial charge in [-0.25, -0.2) is 4.98 Å². The van der Waals surface area contributed by atoms with Crippen LogP contribution < -0.4 is 15.4 Å². The van der Waals surface area contributed by atoms with E-state index in [0.717, 1.165) is 6.42 Å². The van der Waals surface area contributed by atoms with E-state index in [0.29, 0.717) is 36.0 Å². The summed E-state index contributed by atoms with van der Waals surface area (Å²) in [5, 5.41) is 5.67. The molecule has 3 rings (SSSR count). The second-order valence-electron chi connectivity index (χ2n) is 5.83. The Morgan fingerprint density at radius 3 is 2.50 bits per heavy atom. The zero-order chi connectivity index (χ0) is 18.5. The molecule has 2 aromatic rings. The van der Waals surface area contributed by atoms with Crippen molar-refractivity contribution in [3.8, 4) is 5.88 Å². The van der Waals surface area contributed by atoms with Crippen LogP contribution in [0.5, 0.6) is 5.88 Å². The number of anilines is 2. The predicted molar refractivity (Wildman–Crippen MR) is 97.8 cm³/mol. The Hall–Kier alpha value is -2.64. The average molecular weight is 376 g/mol. The Morgan fingerprint density at radius 1 is 1.23 bits per heavy atom. The molecule has 0 aliphatic carbocycles. The van der Waals surface area contributed by atoms with Crippen LogP contribution in [0.4, 0.5) is 11.4 Å². The van der Waals surface area contributed by atoms with Crippen molar-refractivity contribution in [3.63, 3.8) is 0 Å². The summed E-state index contributed by atoms with van der Waals surface area (Å²) in [4.78, 5) is 27.5. The molecule has 2 amide bonds. The molecular weight excluding hydrogens is 358 g/mol. The van der Waals surface area contributed by atoms with Crippen molar-refractivity contribution < 1.29 is 19.1 Å². The summed E-state index contributed by atoms with van der Waals surface area (Å²) in [5.41, 5.74) is 1.55. The third kappa shape index (κ3) is 4.71. The number of carbonyl (C=O) groups is 2. The molecule has 8 heteroatoms. The van der Waals surface area contributed by atoms with Gasteiger partial charge in [0, 0.05) is 30.9 Å². The van der Waals surface area contributed by atoms with Gasteiger partial charge in [0.05, 0.1) is 18.8 Å². The highest BCUT2D eigenvalue weighted by atomic mass is 35.5. The summed E-state index contributed by atoms with van der Waals surface area (Å²) in [6, 6.07) is 8.29. The first-order valence-electron chi connectivity index (χ1n) is 8.10. The van der Waals surface area contributed by atoms with E-state index in [9.17, 15) is 9.59 Å². The zero-order valence-corrected chi connectivity index (χ0v) is 14.9. The number of halogens is 1. The van der Waals surface area contributed by atoms with E-state index in [4.69, 9.17) is 21.1 Å². The van der Waals surface area contributed by atoms with Gasteiger partial charge in [0.25, 0.3) is 5.91 Å². The Labute approximate surface area is 155 Å². The largest absolute Gasteiger partial charge is 0.471 e. The summed E-state index contributed by atoms with van der Waals surface area (Å²) < 4.78 is 10.9. The van der Waals surface area contributed by atoms with Crippen LogP contribution in [0.25, 0.3) is 0 Å². The zero-order valence-electron chi connectivity index (χ0n) is 14.1. The number of nitrogens with one attached hydrogen (secondary N) is 2. The molecule has 1 saturated heterocycles. The van der Waals surface area contributed by atoms with Crippen molar-refractivity contribution in [2.45, 2.75) is 19.4 Å². The summed E-state index contributed by atoms with van der Waals surface area (Å²) >= 11 is 6.18. The van der Waals surface area contributed by atoms with Crippen molar-refractivity contribution in [1.82, 2.24) is 4.98 Å². The molecule has 1 aliphatic heterocycles. The van der Waals surface area contributed by atoms with Gasteiger partial charge in [0.15, 0.2) is 0 Å². The number of hydrogen-bond acceptors (Lipinski definition) is 5. The molecule has 0 bridgehead atoms. The average Bonchev–Trinajstić information content (AvgIpc) is 3.11. The molecule has 0 radical (unpaired) electrons. The first kappa shape index (κ1) is 18.2. The standard InChI is InChI=1S/C18H18ClN3O4/c1-11(23)21-13-2-4-14(5-3-13)22-17(24)12-8-16(19)18(20-9-12)26-15-6-7-25-10-15/h2-5,8-9,15H,6-7,10H2,1H3,(H,21,23)(H,22,24). The summed E-state index contributed by atoms with van der Waals surface area (Å²) in [6.07, 6.45) is 2.13. The van der Waals surface area contributed by atoms with E-state index in [1.165, 1.54) is 19.2 Å². The molecule has 1 aliphatic rings. The van der Waals surface area contributed by atoms with Crippen molar-refractivity contribution in [2.75, 3.05) is 23.8 Å². The highest BCUT2D eigenvalue weighted by molar-refractivity contribution is 6.32. The van der Waals surface area contributed by atoms with Crippen molar-refractivity contribution in [2.24, 2.45) is 0 Å². The number of ether oxygens (including phenoxy) is 2. The van der Waals surface area contributed by atoms with Gasteiger partial charge >= 0.3 is 0 Å². The number of aromatic nitrogens is 1. The molecule has 0 saturated carbocycles. The molecule has 0 spiro atoms. The van der Waals surface area contributed by atoms with Crippen molar-refractivity contribution in [3.05, 3.63) is 47.1 Å². The molecule has 7 nitrogen and oxygen atoms in total. The minimum atomic E-state index is -0.345. The normalized spacial score (nSPS) is 16.2. The maximum Gasteiger partial charge on any atom is 0.257 e. The van der Waals surface area contributed by atoms with Gasteiger partial charge in [0.1, 0.15) is 11.1 Å². The lowest BCUT2D eigenvalue weighted by molar-refractivity contribution is -0.114. The third-order valence-electron chi connectivity index (χ3n) is 3.70. The Morgan fingerprint density at radius 2 is 1.92 bits per heavy atom. The van der Waals surface area contributed by atoms with Crippen LogP contribution in [0.1, 0.15) is 23.7 Å². The first-order chi connectivity index (χ1) is 12.5. The fourth-order valence-electron chi connectivity index (χ4n) is 2.44. The van der Waals surface area contributed by atoms with Crippen molar-refractivity contribution in [1.29, 1.82) is 0 Å². The lowest BCUT2D eigenvalue weighted by Crippen LogP contribution is -2.17.